The van der Waals surface area contributed by atoms with Crippen molar-refractivity contribution in [1.82, 2.24) is 9.97 Å². The maximum absolute atomic E-state index is 11.7. The number of carbonyl (C=O) groups excluding carboxylic acids is 1. The molecule has 0 aliphatic rings. The predicted octanol–water partition coefficient (Wildman–Crippen LogP) is 3.72. The first-order valence-corrected chi connectivity index (χ1v) is 8.63. The molecule has 0 aliphatic heterocycles. The van der Waals surface area contributed by atoms with Gasteiger partial charge in [0.25, 0.3) is 0 Å². The third kappa shape index (κ3) is 4.76. The number of hydrogen-bond donors (Lipinski definition) is 0. The first kappa shape index (κ1) is 19.2. The highest BCUT2D eigenvalue weighted by Gasteiger charge is 2.14. The molecule has 0 fully saturated rings. The molecule has 1 aromatic heterocycles. The normalized spacial score (nSPS) is 10.2. The Kier molecular flexibility index (Phi) is 6.41. The van der Waals surface area contributed by atoms with Crippen molar-refractivity contribution in [2.75, 3.05) is 20.8 Å². The molecule has 2 aromatic carbocycles. The van der Waals surface area contributed by atoms with E-state index in [0.29, 0.717) is 18.6 Å². The molecule has 28 heavy (non-hydrogen) atoms. The summed E-state index contributed by atoms with van der Waals surface area (Å²) in [6.07, 6.45) is 1.41. The maximum Gasteiger partial charge on any atom is 0.328 e. The highest BCUT2D eigenvalue weighted by atomic mass is 16.5. The second-order valence-corrected chi connectivity index (χ2v) is 5.71. The van der Waals surface area contributed by atoms with Crippen LogP contribution in [0.1, 0.15) is 15.9 Å². The van der Waals surface area contributed by atoms with E-state index >= 15 is 0 Å². The van der Waals surface area contributed by atoms with Crippen LogP contribution >= 0.6 is 0 Å². The zero-order valence-electron chi connectivity index (χ0n) is 15.6. The van der Waals surface area contributed by atoms with Crippen molar-refractivity contribution >= 4 is 6.29 Å². The van der Waals surface area contributed by atoms with Gasteiger partial charge in [-0.3, -0.25) is 4.79 Å². The molecule has 3 rings (SSSR count). The number of aldehydes is 1. The SMILES string of the molecule is COc1cc(OC)nc(Oc2cccc(OCCc3ccccc3)c2C=O)n1. The van der Waals surface area contributed by atoms with E-state index in [0.717, 1.165) is 12.0 Å². The molecule has 1 heterocycles. The van der Waals surface area contributed by atoms with Gasteiger partial charge >= 0.3 is 6.01 Å². The van der Waals surface area contributed by atoms with Crippen molar-refractivity contribution < 1.29 is 23.7 Å². The lowest BCUT2D eigenvalue weighted by Gasteiger charge is -2.13. The Hall–Kier alpha value is -3.61. The van der Waals surface area contributed by atoms with Crippen molar-refractivity contribution in [3.8, 4) is 29.3 Å². The first-order valence-electron chi connectivity index (χ1n) is 8.63. The van der Waals surface area contributed by atoms with Crippen LogP contribution in [0, 0.1) is 0 Å². The van der Waals surface area contributed by atoms with Crippen LogP contribution in [0.2, 0.25) is 0 Å². The summed E-state index contributed by atoms with van der Waals surface area (Å²) in [5.41, 5.74) is 1.43. The van der Waals surface area contributed by atoms with Crippen LogP contribution in [0.25, 0.3) is 0 Å². The predicted molar refractivity (Wildman–Crippen MR) is 103 cm³/mol. The van der Waals surface area contributed by atoms with Crippen LogP contribution in [-0.4, -0.2) is 37.1 Å². The van der Waals surface area contributed by atoms with Gasteiger partial charge in [0.2, 0.25) is 11.8 Å². The Bertz CT molecular complexity index is 909. The standard InChI is InChI=1S/C21H20N2O5/c1-25-19-13-20(26-2)23-21(22-19)28-18-10-6-9-17(16(18)14-24)27-12-11-15-7-4-3-5-8-15/h3-10,13-14H,11-12H2,1-2H3. The second kappa shape index (κ2) is 9.36. The molecule has 0 radical (unpaired) electrons. The van der Waals surface area contributed by atoms with E-state index in [-0.39, 0.29) is 29.1 Å². The molecular formula is C21H20N2O5. The molecule has 0 spiro atoms. The fraction of sp³-hybridized carbons (Fsp3) is 0.190. The maximum atomic E-state index is 11.7. The van der Waals surface area contributed by atoms with Gasteiger partial charge in [-0.1, -0.05) is 36.4 Å². The van der Waals surface area contributed by atoms with Crippen LogP contribution in [-0.2, 0) is 6.42 Å². The molecule has 0 amide bonds. The van der Waals surface area contributed by atoms with Gasteiger partial charge in [-0.05, 0) is 17.7 Å². The Morgan fingerprint density at radius 2 is 1.57 bits per heavy atom. The highest BCUT2D eigenvalue weighted by molar-refractivity contribution is 5.83. The lowest BCUT2D eigenvalue weighted by molar-refractivity contribution is 0.111. The minimum atomic E-state index is 0.000681. The van der Waals surface area contributed by atoms with E-state index < -0.39 is 0 Å². The minimum absolute atomic E-state index is 0.000681. The molecule has 0 unspecified atom stereocenters. The Balaban J connectivity index is 1.77. The molecule has 0 N–H and O–H groups in total. The lowest BCUT2D eigenvalue weighted by atomic mass is 10.1. The number of aromatic nitrogens is 2. The van der Waals surface area contributed by atoms with Gasteiger partial charge in [0.15, 0.2) is 6.29 Å². The Labute approximate surface area is 162 Å². The molecule has 0 saturated carbocycles. The van der Waals surface area contributed by atoms with Gasteiger partial charge in [-0.2, -0.15) is 9.97 Å². The van der Waals surface area contributed by atoms with Crippen molar-refractivity contribution in [1.29, 1.82) is 0 Å². The first-order chi connectivity index (χ1) is 13.7. The van der Waals surface area contributed by atoms with Crippen LogP contribution < -0.4 is 18.9 Å². The van der Waals surface area contributed by atoms with Crippen LogP contribution in [0.5, 0.6) is 29.3 Å². The van der Waals surface area contributed by atoms with Crippen molar-refractivity contribution in [3.05, 3.63) is 65.7 Å². The molecule has 0 saturated heterocycles. The topological polar surface area (TPSA) is 79.8 Å². The molecule has 3 aromatic rings. The van der Waals surface area contributed by atoms with Crippen molar-refractivity contribution in [3.63, 3.8) is 0 Å². The number of rotatable bonds is 9. The molecule has 7 heteroatoms. The van der Waals surface area contributed by atoms with Gasteiger partial charge in [0.1, 0.15) is 11.5 Å². The van der Waals surface area contributed by atoms with E-state index in [2.05, 4.69) is 9.97 Å². The second-order valence-electron chi connectivity index (χ2n) is 5.71. The number of ether oxygens (including phenoxy) is 4. The number of methoxy groups -OCH3 is 2. The number of benzene rings is 2. The lowest BCUT2D eigenvalue weighted by Crippen LogP contribution is -2.05. The van der Waals surface area contributed by atoms with Crippen molar-refractivity contribution in [2.24, 2.45) is 0 Å². The van der Waals surface area contributed by atoms with Crippen LogP contribution in [0.15, 0.2) is 54.6 Å². The van der Waals surface area contributed by atoms with E-state index in [4.69, 9.17) is 18.9 Å². The summed E-state index contributed by atoms with van der Waals surface area (Å²) in [6, 6.07) is 16.6. The summed E-state index contributed by atoms with van der Waals surface area (Å²) in [5.74, 6) is 1.27. The van der Waals surface area contributed by atoms with E-state index in [1.807, 2.05) is 30.3 Å². The average molecular weight is 380 g/mol. The van der Waals surface area contributed by atoms with E-state index in [1.54, 1.807) is 18.2 Å². The average Bonchev–Trinajstić information content (AvgIpc) is 2.74. The largest absolute Gasteiger partial charge is 0.492 e. The fourth-order valence-electron chi connectivity index (χ4n) is 2.52. The summed E-state index contributed by atoms with van der Waals surface area (Å²) in [6.45, 7) is 0.428. The fourth-order valence-corrected chi connectivity index (χ4v) is 2.52. The highest BCUT2D eigenvalue weighted by Crippen LogP contribution is 2.31. The van der Waals surface area contributed by atoms with Crippen LogP contribution in [0.4, 0.5) is 0 Å². The zero-order chi connectivity index (χ0) is 19.8. The van der Waals surface area contributed by atoms with Gasteiger partial charge in [0, 0.05) is 6.42 Å². The van der Waals surface area contributed by atoms with Crippen molar-refractivity contribution in [2.45, 2.75) is 6.42 Å². The molecule has 144 valence electrons. The van der Waals surface area contributed by atoms with Gasteiger partial charge in [0.05, 0.1) is 32.5 Å². The quantitative estimate of drug-likeness (QED) is 0.523. The number of nitrogens with zero attached hydrogens (tertiary/aromatic N) is 2. The van der Waals surface area contributed by atoms with E-state index in [1.165, 1.54) is 20.3 Å². The van der Waals surface area contributed by atoms with Gasteiger partial charge < -0.3 is 18.9 Å². The Morgan fingerprint density at radius 1 is 0.893 bits per heavy atom. The summed E-state index contributed by atoms with van der Waals surface area (Å²) in [4.78, 5) is 19.9. The number of hydrogen-bond acceptors (Lipinski definition) is 7. The van der Waals surface area contributed by atoms with Gasteiger partial charge in [-0.25, -0.2) is 0 Å². The summed E-state index contributed by atoms with van der Waals surface area (Å²) < 4.78 is 21.7. The molecule has 0 atom stereocenters. The summed E-state index contributed by atoms with van der Waals surface area (Å²) in [5, 5.41) is 0. The monoisotopic (exact) mass is 380 g/mol. The molecule has 0 bridgehead atoms. The Morgan fingerprint density at radius 3 is 2.21 bits per heavy atom. The molecule has 7 nitrogen and oxygen atoms in total. The molecular weight excluding hydrogens is 360 g/mol. The minimum Gasteiger partial charge on any atom is -0.492 e. The summed E-state index contributed by atoms with van der Waals surface area (Å²) >= 11 is 0. The zero-order valence-corrected chi connectivity index (χ0v) is 15.6. The number of carbonyl (C=O) groups is 1. The van der Waals surface area contributed by atoms with Crippen LogP contribution in [0.3, 0.4) is 0 Å². The third-order valence-corrected chi connectivity index (χ3v) is 3.91. The van der Waals surface area contributed by atoms with E-state index in [9.17, 15) is 4.79 Å². The third-order valence-electron chi connectivity index (χ3n) is 3.91. The summed E-state index contributed by atoms with van der Waals surface area (Å²) in [7, 11) is 2.95. The molecule has 0 aliphatic carbocycles. The smallest absolute Gasteiger partial charge is 0.328 e. The van der Waals surface area contributed by atoms with Gasteiger partial charge in [-0.15, -0.1) is 0 Å².